The van der Waals surface area contributed by atoms with Crippen molar-refractivity contribution < 1.29 is 17.9 Å². The number of hydrogen-bond donors (Lipinski definition) is 0. The first-order valence-electron chi connectivity index (χ1n) is 11.8. The summed E-state index contributed by atoms with van der Waals surface area (Å²) in [5, 5.41) is 0. The van der Waals surface area contributed by atoms with Crippen LogP contribution >= 0.6 is 0 Å². The number of allylic oxidation sites excluding steroid dienone is 4. The molecule has 0 amide bonds. The van der Waals surface area contributed by atoms with E-state index in [0.29, 0.717) is 0 Å². The molecule has 5 heteroatoms. The van der Waals surface area contributed by atoms with Gasteiger partial charge in [0.2, 0.25) is 0 Å². The second-order valence-corrected chi connectivity index (χ2v) is 13.9. The van der Waals surface area contributed by atoms with Crippen molar-refractivity contribution >= 4 is 56.4 Å². The number of nitrogens with zero attached hydrogens (tertiary/aromatic N) is 2. The molecule has 2 rings (SSSR count). The Morgan fingerprint density at radius 2 is 1.85 bits per heavy atom. The first-order valence-corrected chi connectivity index (χ1v) is 17.3. The molecule has 1 fully saturated rings. The minimum absolute atomic E-state index is 0.158. The van der Waals surface area contributed by atoms with E-state index in [0.717, 1.165) is 19.4 Å². The van der Waals surface area contributed by atoms with Crippen molar-refractivity contribution in [3.8, 4) is 0 Å². The van der Waals surface area contributed by atoms with Crippen LogP contribution in [-0.2, 0) is 24.4 Å². The zero-order valence-electron chi connectivity index (χ0n) is 21.6. The Morgan fingerprint density at radius 3 is 2.27 bits per heavy atom. The molecule has 0 aliphatic carbocycles. The van der Waals surface area contributed by atoms with Gasteiger partial charge in [-0.2, -0.15) is 0 Å². The monoisotopic (exact) mass is 923 g/mol. The summed E-state index contributed by atoms with van der Waals surface area (Å²) in [5.74, 6) is 0. The number of hydrogen-bond acceptors (Lipinski definition) is 2. The summed E-state index contributed by atoms with van der Waals surface area (Å²) in [4.78, 5) is 2.51. The molecule has 0 aromatic heterocycles. The molecule has 0 N–H and O–H groups in total. The Labute approximate surface area is 246 Å². The fourth-order valence-corrected chi connectivity index (χ4v) is 6.20. The van der Waals surface area contributed by atoms with Gasteiger partial charge in [0.25, 0.3) is 0 Å². The van der Waals surface area contributed by atoms with Gasteiger partial charge >= 0.3 is 123 Å². The van der Waals surface area contributed by atoms with Gasteiger partial charge in [-0.1, -0.05) is 52.8 Å². The van der Waals surface area contributed by atoms with Crippen molar-refractivity contribution in [3.63, 3.8) is 0 Å². The van der Waals surface area contributed by atoms with E-state index < -0.39 is 0 Å². The fourth-order valence-electron chi connectivity index (χ4n) is 4.61. The molecule has 2 nitrogen and oxygen atoms in total. The number of rotatable bonds is 9. The van der Waals surface area contributed by atoms with E-state index in [1.807, 2.05) is 6.08 Å². The third kappa shape index (κ3) is 9.49. The van der Waals surface area contributed by atoms with E-state index >= 15 is 0 Å². The molecule has 0 spiro atoms. The van der Waals surface area contributed by atoms with Gasteiger partial charge in [-0.05, 0) is 44.8 Å². The summed E-state index contributed by atoms with van der Waals surface area (Å²) < 4.78 is 5.91. The van der Waals surface area contributed by atoms with Crippen LogP contribution in [0.3, 0.4) is 0 Å². The van der Waals surface area contributed by atoms with Crippen molar-refractivity contribution in [2.24, 2.45) is 5.41 Å². The molecule has 0 saturated carbocycles. The van der Waals surface area contributed by atoms with E-state index in [1.54, 1.807) is 0 Å². The Kier molecular flexibility index (Phi) is 14.3. The molecule has 1 aromatic rings. The Bertz CT molecular complexity index is 855. The van der Waals surface area contributed by atoms with Gasteiger partial charge in [-0.3, -0.25) is 0 Å². The third-order valence-electron chi connectivity index (χ3n) is 5.94. The van der Waals surface area contributed by atoms with Crippen LogP contribution in [0.1, 0.15) is 78.9 Å². The van der Waals surface area contributed by atoms with Crippen LogP contribution in [0.5, 0.6) is 0 Å². The van der Waals surface area contributed by atoms with Crippen molar-refractivity contribution in [1.82, 2.24) is 7.61 Å². The molecule has 1 aliphatic rings. The van der Waals surface area contributed by atoms with E-state index in [9.17, 15) is 0 Å². The molecule has 1 saturated heterocycles. The third-order valence-corrected chi connectivity index (χ3v) is 14.0. The predicted octanol–water partition coefficient (Wildman–Crippen LogP) is 6.26. The Hall–Kier alpha value is 0.538. The first kappa shape index (κ1) is 31.6. The maximum absolute atomic E-state index is 4.03. The average Bonchev–Trinajstić information content (AvgIpc) is 3.01. The molecular formula is C28H41N2Pb2Ru. The van der Waals surface area contributed by atoms with Gasteiger partial charge in [0.1, 0.15) is 0 Å². The molecule has 179 valence electrons. The molecule has 6 radical (unpaired) electrons. The van der Waals surface area contributed by atoms with Crippen LogP contribution in [0.25, 0.3) is 0 Å². The summed E-state index contributed by atoms with van der Waals surface area (Å²) in [6.07, 6.45) is 7.55. The van der Waals surface area contributed by atoms with Crippen LogP contribution in [0.2, 0.25) is 0 Å². The minimum atomic E-state index is 0.158. The zero-order valence-corrected chi connectivity index (χ0v) is 31.1. The summed E-state index contributed by atoms with van der Waals surface area (Å²) >= 11 is 5.04. The first-order chi connectivity index (χ1) is 15.5. The molecule has 0 bridgehead atoms. The van der Waals surface area contributed by atoms with E-state index in [1.165, 1.54) is 90.3 Å². The zero-order chi connectivity index (χ0) is 25.2. The van der Waals surface area contributed by atoms with Gasteiger partial charge in [0.15, 0.2) is 0 Å². The Morgan fingerprint density at radius 1 is 1.21 bits per heavy atom. The Balaban J connectivity index is 0.000000361. The van der Waals surface area contributed by atoms with Gasteiger partial charge in [0, 0.05) is 11.2 Å². The SMILES string of the molecule is C=C/C(CC)=C(\C(=C/C)CC)N1[CH-]C(C)(C)CC1(C)C.[Ru+]=[CH]c1ccccc1C[N]([Pb])[CH2][Pb]. The molecule has 1 aliphatic heterocycles. The van der Waals surface area contributed by atoms with Gasteiger partial charge in [-0.25, -0.2) is 6.54 Å². The standard InChI is InChI=1S/C19H32N.C9H9N.2Pb.Ru/c1-9-15(10-2)17(16(11-3)12-4)20-14-18(5,6)13-19(20,7)8;1-8-5-3-4-6-9(8)7-10-2;;;/h9,11,14H,1,10,12-13H2,2-8H3;1,3-6H,2,7H2;;;/q2*-1;;2*+1/b16-11-,17-15-;;;;. The van der Waals surface area contributed by atoms with Crippen LogP contribution in [0.4, 0.5) is 0 Å². The molecular weight excluding hydrogens is 880 g/mol. The normalized spacial score (nSPS) is 17.9. The summed E-state index contributed by atoms with van der Waals surface area (Å²) in [7, 11) is 0. The van der Waals surface area contributed by atoms with Crippen molar-refractivity contribution in [1.29, 1.82) is 0 Å². The van der Waals surface area contributed by atoms with Crippen molar-refractivity contribution in [2.45, 2.75) is 79.8 Å². The summed E-state index contributed by atoms with van der Waals surface area (Å²) in [6.45, 7) is 23.5. The van der Waals surface area contributed by atoms with E-state index in [2.05, 4.69) is 122 Å². The molecule has 0 atom stereocenters. The molecule has 0 unspecified atom stereocenters. The average molecular weight is 921 g/mol. The summed E-state index contributed by atoms with van der Waals surface area (Å²) in [5.41, 5.74) is 7.36. The van der Waals surface area contributed by atoms with Crippen LogP contribution in [0.15, 0.2) is 59.8 Å². The molecule has 1 aromatic carbocycles. The topological polar surface area (TPSA) is 6.48 Å². The molecule has 33 heavy (non-hydrogen) atoms. The van der Waals surface area contributed by atoms with Crippen molar-refractivity contribution in [3.05, 3.63) is 77.5 Å². The van der Waals surface area contributed by atoms with Gasteiger partial charge < -0.3 is 4.90 Å². The second kappa shape index (κ2) is 14.9. The number of likely N-dealkylation sites (tertiary alicyclic amines) is 1. The second-order valence-electron chi connectivity index (χ2n) is 9.73. The van der Waals surface area contributed by atoms with Crippen LogP contribution in [0, 0.1) is 12.0 Å². The quantitative estimate of drug-likeness (QED) is 0.164. The maximum atomic E-state index is 4.03. The fraction of sp³-hybridized carbons (Fsp3) is 0.500. The van der Waals surface area contributed by atoms with Gasteiger partial charge in [0.05, 0.1) is 0 Å². The number of benzene rings is 1. The van der Waals surface area contributed by atoms with E-state index in [-0.39, 0.29) is 11.0 Å². The van der Waals surface area contributed by atoms with Crippen molar-refractivity contribution in [2.75, 3.05) is 4.10 Å². The van der Waals surface area contributed by atoms with Crippen LogP contribution in [-0.4, -0.2) is 73.7 Å². The summed E-state index contributed by atoms with van der Waals surface area (Å²) in [6, 6.07) is 8.62. The molecule has 1 heterocycles. The van der Waals surface area contributed by atoms with Crippen LogP contribution < -0.4 is 0 Å². The predicted molar refractivity (Wildman–Crippen MR) is 144 cm³/mol. The van der Waals surface area contributed by atoms with Gasteiger partial charge in [-0.15, -0.1) is 5.41 Å². The van der Waals surface area contributed by atoms with E-state index in [4.69, 9.17) is 0 Å².